The molecule has 132 valence electrons. The Labute approximate surface area is 157 Å². The first kappa shape index (κ1) is 18.2. The predicted molar refractivity (Wildman–Crippen MR) is 102 cm³/mol. The van der Waals surface area contributed by atoms with Crippen molar-refractivity contribution >= 4 is 44.6 Å². The van der Waals surface area contributed by atoms with E-state index in [1.165, 1.54) is 0 Å². The molecule has 0 N–H and O–H groups in total. The first-order valence-corrected chi connectivity index (χ1v) is 10.4. The Kier molecular flexibility index (Phi) is 5.09. The van der Waals surface area contributed by atoms with Crippen LogP contribution < -0.4 is 4.90 Å². The Balaban J connectivity index is 2.03. The van der Waals surface area contributed by atoms with Gasteiger partial charge in [0.05, 0.1) is 17.5 Å². The lowest BCUT2D eigenvalue weighted by Crippen LogP contribution is -2.41. The van der Waals surface area contributed by atoms with Gasteiger partial charge in [-0.25, -0.2) is 8.42 Å². The number of anilines is 1. The molecular weight excluding hydrogens is 381 g/mol. The maximum absolute atomic E-state index is 13.1. The Bertz CT molecular complexity index is 910. The van der Waals surface area contributed by atoms with Crippen molar-refractivity contribution in [2.75, 3.05) is 16.4 Å². The zero-order valence-corrected chi connectivity index (χ0v) is 15.9. The quantitative estimate of drug-likeness (QED) is 0.781. The molecular formula is C18H17Cl2NO3S. The summed E-state index contributed by atoms with van der Waals surface area (Å²) in [4.78, 5) is 14.6. The molecule has 7 heteroatoms. The highest BCUT2D eigenvalue weighted by Gasteiger charge is 2.36. The van der Waals surface area contributed by atoms with E-state index in [1.807, 2.05) is 13.0 Å². The number of rotatable bonds is 3. The van der Waals surface area contributed by atoms with Crippen molar-refractivity contribution in [2.45, 2.75) is 19.4 Å². The fraction of sp³-hybridized carbons (Fsp3) is 0.278. The second-order valence-electron chi connectivity index (χ2n) is 6.17. The van der Waals surface area contributed by atoms with Gasteiger partial charge in [0.1, 0.15) is 0 Å². The standard InChI is InChI=1S/C18H17Cl2NO3S/c1-12-2-7-15(10-17(12)20)21(16-8-9-25(23,24)11-16)18(22)13-3-5-14(19)6-4-13/h2-7,10,16H,8-9,11H2,1H3. The molecule has 1 unspecified atom stereocenters. The molecule has 25 heavy (non-hydrogen) atoms. The van der Waals surface area contributed by atoms with E-state index in [0.29, 0.717) is 27.7 Å². The number of halogens is 2. The minimum atomic E-state index is -3.14. The molecule has 1 amide bonds. The van der Waals surface area contributed by atoms with Crippen molar-refractivity contribution in [3.05, 3.63) is 63.6 Å². The van der Waals surface area contributed by atoms with Crippen molar-refractivity contribution < 1.29 is 13.2 Å². The monoisotopic (exact) mass is 397 g/mol. The minimum absolute atomic E-state index is 0.0438. The normalized spacial score (nSPS) is 18.9. The van der Waals surface area contributed by atoms with Crippen LogP contribution in [0.4, 0.5) is 5.69 Å². The molecule has 0 radical (unpaired) electrons. The summed E-state index contributed by atoms with van der Waals surface area (Å²) in [6, 6.07) is 11.5. The van der Waals surface area contributed by atoms with Crippen LogP contribution in [-0.4, -0.2) is 31.9 Å². The van der Waals surface area contributed by atoms with E-state index in [2.05, 4.69) is 0 Å². The molecule has 3 rings (SSSR count). The minimum Gasteiger partial charge on any atom is -0.304 e. The summed E-state index contributed by atoms with van der Waals surface area (Å²) in [5.41, 5.74) is 1.94. The first-order valence-electron chi connectivity index (χ1n) is 7.82. The highest BCUT2D eigenvalue weighted by molar-refractivity contribution is 7.91. The van der Waals surface area contributed by atoms with E-state index < -0.39 is 15.9 Å². The van der Waals surface area contributed by atoms with E-state index in [0.717, 1.165) is 5.56 Å². The summed E-state index contributed by atoms with van der Waals surface area (Å²) in [6.07, 6.45) is 0.410. The van der Waals surface area contributed by atoms with Crippen LogP contribution in [0.25, 0.3) is 0 Å². The van der Waals surface area contributed by atoms with Crippen LogP contribution in [0.1, 0.15) is 22.3 Å². The third-order valence-electron chi connectivity index (χ3n) is 4.32. The largest absolute Gasteiger partial charge is 0.304 e. The average molecular weight is 398 g/mol. The number of benzene rings is 2. The number of amides is 1. The van der Waals surface area contributed by atoms with Crippen LogP contribution in [0.5, 0.6) is 0 Å². The van der Waals surface area contributed by atoms with Gasteiger partial charge in [0.25, 0.3) is 5.91 Å². The number of carbonyl (C=O) groups is 1. The Morgan fingerprint density at radius 2 is 1.80 bits per heavy atom. The topological polar surface area (TPSA) is 54.5 Å². The lowest BCUT2D eigenvalue weighted by Gasteiger charge is -2.29. The van der Waals surface area contributed by atoms with E-state index in [4.69, 9.17) is 23.2 Å². The molecule has 1 aliphatic heterocycles. The highest BCUT2D eigenvalue weighted by atomic mass is 35.5. The first-order chi connectivity index (χ1) is 11.8. The fourth-order valence-corrected chi connectivity index (χ4v) is 4.94. The third-order valence-corrected chi connectivity index (χ3v) is 6.73. The van der Waals surface area contributed by atoms with Crippen molar-refractivity contribution in [2.24, 2.45) is 0 Å². The molecule has 2 aromatic rings. The van der Waals surface area contributed by atoms with Gasteiger partial charge < -0.3 is 4.90 Å². The van der Waals surface area contributed by atoms with Gasteiger partial charge in [-0.1, -0.05) is 29.3 Å². The molecule has 0 bridgehead atoms. The maximum atomic E-state index is 13.1. The van der Waals surface area contributed by atoms with Gasteiger partial charge in [-0.05, 0) is 55.3 Å². The molecule has 1 atom stereocenters. The maximum Gasteiger partial charge on any atom is 0.258 e. The zero-order chi connectivity index (χ0) is 18.2. The Morgan fingerprint density at radius 1 is 1.12 bits per heavy atom. The smallest absolute Gasteiger partial charge is 0.258 e. The Hall–Kier alpha value is -1.56. The summed E-state index contributed by atoms with van der Waals surface area (Å²) in [6.45, 7) is 1.87. The number of aryl methyl sites for hydroxylation is 1. The lowest BCUT2D eigenvalue weighted by atomic mass is 10.1. The number of carbonyl (C=O) groups excluding carboxylic acids is 1. The van der Waals surface area contributed by atoms with Crippen molar-refractivity contribution in [3.8, 4) is 0 Å². The summed E-state index contributed by atoms with van der Waals surface area (Å²) in [5.74, 6) is -0.224. The van der Waals surface area contributed by atoms with E-state index in [1.54, 1.807) is 41.3 Å². The van der Waals surface area contributed by atoms with Crippen LogP contribution in [0.15, 0.2) is 42.5 Å². The second-order valence-corrected chi connectivity index (χ2v) is 9.24. The second kappa shape index (κ2) is 6.98. The van der Waals surface area contributed by atoms with Crippen LogP contribution in [0, 0.1) is 6.92 Å². The van der Waals surface area contributed by atoms with Gasteiger partial charge in [-0.15, -0.1) is 0 Å². The van der Waals surface area contributed by atoms with Crippen LogP contribution in [0.3, 0.4) is 0 Å². The molecule has 0 saturated carbocycles. The lowest BCUT2D eigenvalue weighted by molar-refractivity contribution is 0.0979. The molecule has 4 nitrogen and oxygen atoms in total. The Morgan fingerprint density at radius 3 is 2.36 bits per heavy atom. The number of hydrogen-bond acceptors (Lipinski definition) is 3. The fourth-order valence-electron chi connectivity index (χ4n) is 2.94. The molecule has 1 aliphatic rings. The van der Waals surface area contributed by atoms with Crippen molar-refractivity contribution in [1.82, 2.24) is 0 Å². The molecule has 1 heterocycles. The average Bonchev–Trinajstić information content (AvgIpc) is 2.91. The van der Waals surface area contributed by atoms with E-state index >= 15 is 0 Å². The van der Waals surface area contributed by atoms with Gasteiger partial charge in [-0.2, -0.15) is 0 Å². The molecule has 0 spiro atoms. The highest BCUT2D eigenvalue weighted by Crippen LogP contribution is 2.30. The molecule has 0 aromatic heterocycles. The summed E-state index contributed by atoms with van der Waals surface area (Å²) in [7, 11) is -3.14. The van der Waals surface area contributed by atoms with Crippen LogP contribution in [0.2, 0.25) is 10.0 Å². The molecule has 1 saturated heterocycles. The van der Waals surface area contributed by atoms with E-state index in [9.17, 15) is 13.2 Å². The molecule has 2 aromatic carbocycles. The van der Waals surface area contributed by atoms with Crippen LogP contribution in [-0.2, 0) is 9.84 Å². The van der Waals surface area contributed by atoms with Gasteiger partial charge in [0.2, 0.25) is 0 Å². The van der Waals surface area contributed by atoms with Crippen molar-refractivity contribution in [1.29, 1.82) is 0 Å². The third kappa shape index (κ3) is 4.00. The number of sulfone groups is 1. The SMILES string of the molecule is Cc1ccc(N(C(=O)c2ccc(Cl)cc2)C2CCS(=O)(=O)C2)cc1Cl. The van der Waals surface area contributed by atoms with Gasteiger partial charge in [0, 0.05) is 21.3 Å². The number of nitrogens with zero attached hydrogens (tertiary/aromatic N) is 1. The molecule has 0 aliphatic carbocycles. The van der Waals surface area contributed by atoms with Gasteiger partial charge in [0.15, 0.2) is 9.84 Å². The number of hydrogen-bond donors (Lipinski definition) is 0. The summed E-state index contributed by atoms with van der Waals surface area (Å²) in [5, 5.41) is 1.07. The van der Waals surface area contributed by atoms with E-state index in [-0.39, 0.29) is 17.4 Å². The summed E-state index contributed by atoms with van der Waals surface area (Å²) >= 11 is 12.1. The van der Waals surface area contributed by atoms with Gasteiger partial charge >= 0.3 is 0 Å². The summed E-state index contributed by atoms with van der Waals surface area (Å²) < 4.78 is 23.8. The predicted octanol–water partition coefficient (Wildman–Crippen LogP) is 4.14. The van der Waals surface area contributed by atoms with Gasteiger partial charge in [-0.3, -0.25) is 4.79 Å². The van der Waals surface area contributed by atoms with Crippen molar-refractivity contribution in [3.63, 3.8) is 0 Å². The van der Waals surface area contributed by atoms with Crippen LogP contribution >= 0.6 is 23.2 Å². The zero-order valence-electron chi connectivity index (χ0n) is 13.6. The molecule has 1 fully saturated rings.